The van der Waals surface area contributed by atoms with Gasteiger partial charge in [-0.15, -0.1) is 0 Å². The summed E-state index contributed by atoms with van der Waals surface area (Å²) in [6, 6.07) is 0. The van der Waals surface area contributed by atoms with Crippen LogP contribution in [-0.2, 0) is 0 Å². The van der Waals surface area contributed by atoms with E-state index in [1.165, 1.54) is 0 Å². The molecule has 0 spiro atoms. The molecule has 0 rings (SSSR count). The molecule has 6 heteroatoms. The molecule has 0 saturated carbocycles. The van der Waals surface area contributed by atoms with E-state index in [0.29, 0.717) is 6.92 Å². The molecule has 0 saturated heterocycles. The van der Waals surface area contributed by atoms with Crippen LogP contribution >= 0.6 is 11.6 Å². The van der Waals surface area contributed by atoms with Gasteiger partial charge in [-0.05, 0) is 18.5 Å². The molecule has 0 heterocycles. The summed E-state index contributed by atoms with van der Waals surface area (Å²) in [7, 11) is 0. The van der Waals surface area contributed by atoms with Crippen LogP contribution in [0.25, 0.3) is 0 Å². The highest BCUT2D eigenvalue weighted by molar-refractivity contribution is 6.23. The van der Waals surface area contributed by atoms with E-state index in [0.717, 1.165) is 0 Å². The molecule has 0 fully saturated rings. The van der Waals surface area contributed by atoms with E-state index in [1.54, 1.807) is 0 Å². The van der Waals surface area contributed by atoms with Gasteiger partial charge in [0.25, 0.3) is 6.43 Å². The number of halogens is 6. The summed E-state index contributed by atoms with van der Waals surface area (Å²) in [5, 5.41) is -4.33. The van der Waals surface area contributed by atoms with Gasteiger partial charge in [-0.3, -0.25) is 0 Å². The standard InChI is InChI=1S/C5H4ClF5/c1-2(4(8)9)3(7)5(6,10)11/h4H,1H3/b3-2-. The van der Waals surface area contributed by atoms with E-state index >= 15 is 0 Å². The Morgan fingerprint density at radius 3 is 1.82 bits per heavy atom. The molecule has 11 heavy (non-hydrogen) atoms. The number of allylic oxidation sites excluding steroid dienone is 2. The van der Waals surface area contributed by atoms with Crippen molar-refractivity contribution in [2.24, 2.45) is 0 Å². The van der Waals surface area contributed by atoms with Crippen LogP contribution in [0.4, 0.5) is 22.0 Å². The summed E-state index contributed by atoms with van der Waals surface area (Å²) in [5.74, 6) is -2.28. The van der Waals surface area contributed by atoms with Gasteiger partial charge in [0.2, 0.25) is 0 Å². The maximum absolute atomic E-state index is 12.1. The zero-order valence-electron chi connectivity index (χ0n) is 5.35. The van der Waals surface area contributed by atoms with Crippen LogP contribution in [0.5, 0.6) is 0 Å². The Morgan fingerprint density at radius 2 is 1.73 bits per heavy atom. The van der Waals surface area contributed by atoms with Gasteiger partial charge in [0.15, 0.2) is 5.83 Å². The molecule has 0 atom stereocenters. The smallest absolute Gasteiger partial charge is 0.205 e. The molecule has 0 aromatic carbocycles. The fraction of sp³-hybridized carbons (Fsp3) is 0.600. The molecule has 0 unspecified atom stereocenters. The van der Waals surface area contributed by atoms with Gasteiger partial charge in [-0.1, -0.05) is 0 Å². The van der Waals surface area contributed by atoms with Crippen LogP contribution in [0.3, 0.4) is 0 Å². The molecule has 0 N–H and O–H groups in total. The normalized spacial score (nSPS) is 15.3. The zero-order chi connectivity index (χ0) is 9.23. The Bertz CT molecular complexity index is 168. The first kappa shape index (κ1) is 10.7. The van der Waals surface area contributed by atoms with Crippen molar-refractivity contribution in [2.45, 2.75) is 18.7 Å². The Balaban J connectivity index is 4.67. The van der Waals surface area contributed by atoms with Gasteiger partial charge in [-0.25, -0.2) is 13.2 Å². The lowest BCUT2D eigenvalue weighted by molar-refractivity contribution is 0.0986. The van der Waals surface area contributed by atoms with Crippen molar-refractivity contribution < 1.29 is 22.0 Å². The second-order valence-corrected chi connectivity index (χ2v) is 2.27. The molecule has 0 aliphatic carbocycles. The van der Waals surface area contributed by atoms with Crippen molar-refractivity contribution in [3.8, 4) is 0 Å². The minimum Gasteiger partial charge on any atom is -0.205 e. The van der Waals surface area contributed by atoms with Crippen molar-refractivity contribution in [3.05, 3.63) is 11.4 Å². The van der Waals surface area contributed by atoms with Crippen LogP contribution in [0.2, 0.25) is 0 Å². The lowest BCUT2D eigenvalue weighted by Crippen LogP contribution is -2.11. The van der Waals surface area contributed by atoms with Crippen LogP contribution in [0.1, 0.15) is 6.92 Å². The largest absolute Gasteiger partial charge is 0.374 e. The fourth-order valence-electron chi connectivity index (χ4n) is 0.319. The first-order valence-electron chi connectivity index (χ1n) is 2.48. The Morgan fingerprint density at radius 1 is 1.36 bits per heavy atom. The number of hydrogen-bond donors (Lipinski definition) is 0. The summed E-state index contributed by atoms with van der Waals surface area (Å²) in [4.78, 5) is 0. The van der Waals surface area contributed by atoms with Crippen molar-refractivity contribution in [3.63, 3.8) is 0 Å². The average molecular weight is 195 g/mol. The number of alkyl halides is 5. The van der Waals surface area contributed by atoms with E-state index in [-0.39, 0.29) is 0 Å². The molecule has 0 aliphatic heterocycles. The van der Waals surface area contributed by atoms with E-state index in [1.807, 2.05) is 0 Å². The minimum atomic E-state index is -4.33. The topological polar surface area (TPSA) is 0 Å². The molecule has 0 aromatic rings. The minimum absolute atomic E-state index is 0.552. The SMILES string of the molecule is C/C(=C(/F)C(F)(F)Cl)C(F)F. The molecular formula is C5H4ClF5. The van der Waals surface area contributed by atoms with Crippen LogP contribution in [0, 0.1) is 0 Å². The zero-order valence-corrected chi connectivity index (χ0v) is 6.10. The van der Waals surface area contributed by atoms with E-state index in [4.69, 9.17) is 0 Å². The Labute approximate surface area is 64.6 Å². The third-order valence-electron chi connectivity index (χ3n) is 0.922. The second kappa shape index (κ2) is 3.38. The fourth-order valence-corrected chi connectivity index (χ4v) is 0.468. The maximum Gasteiger partial charge on any atom is 0.374 e. The van der Waals surface area contributed by atoms with Gasteiger partial charge >= 0.3 is 5.38 Å². The molecular weight excluding hydrogens is 190 g/mol. The predicted molar refractivity (Wildman–Crippen MR) is 30.6 cm³/mol. The molecule has 66 valence electrons. The second-order valence-electron chi connectivity index (χ2n) is 1.80. The van der Waals surface area contributed by atoms with Crippen LogP contribution in [0.15, 0.2) is 11.4 Å². The molecule has 0 aromatic heterocycles. The van der Waals surface area contributed by atoms with E-state index < -0.39 is 23.2 Å². The van der Waals surface area contributed by atoms with Gasteiger partial charge < -0.3 is 0 Å². The highest BCUT2D eigenvalue weighted by atomic mass is 35.5. The first-order valence-corrected chi connectivity index (χ1v) is 2.86. The third-order valence-corrected chi connectivity index (χ3v) is 1.09. The molecule has 0 bridgehead atoms. The lowest BCUT2D eigenvalue weighted by atomic mass is 10.3. The maximum atomic E-state index is 12.1. The highest BCUT2D eigenvalue weighted by Gasteiger charge is 2.35. The average Bonchev–Trinajstić information content (AvgIpc) is 1.82. The highest BCUT2D eigenvalue weighted by Crippen LogP contribution is 2.33. The predicted octanol–water partition coefficient (Wildman–Crippen LogP) is 3.33. The van der Waals surface area contributed by atoms with E-state index in [9.17, 15) is 22.0 Å². The monoisotopic (exact) mass is 194 g/mol. The quantitative estimate of drug-likeness (QED) is 0.467. The third kappa shape index (κ3) is 3.05. The lowest BCUT2D eigenvalue weighted by Gasteiger charge is -2.07. The Hall–Kier alpha value is -0.320. The molecule has 0 aliphatic rings. The van der Waals surface area contributed by atoms with Crippen LogP contribution in [-0.4, -0.2) is 11.8 Å². The Kier molecular flexibility index (Phi) is 3.29. The van der Waals surface area contributed by atoms with Gasteiger partial charge in [0, 0.05) is 5.57 Å². The summed E-state index contributed by atoms with van der Waals surface area (Å²) in [6.45, 7) is 0.552. The van der Waals surface area contributed by atoms with Gasteiger partial charge in [0.1, 0.15) is 0 Å². The van der Waals surface area contributed by atoms with Crippen molar-refractivity contribution in [1.29, 1.82) is 0 Å². The molecule has 0 amide bonds. The van der Waals surface area contributed by atoms with E-state index in [2.05, 4.69) is 11.6 Å². The summed E-state index contributed by atoms with van der Waals surface area (Å²) >= 11 is 4.12. The van der Waals surface area contributed by atoms with Crippen molar-refractivity contribution >= 4 is 11.6 Å². The summed E-state index contributed by atoms with van der Waals surface area (Å²) in [6.07, 6.45) is -3.25. The molecule has 0 radical (unpaired) electrons. The number of hydrogen-bond acceptors (Lipinski definition) is 0. The van der Waals surface area contributed by atoms with Crippen molar-refractivity contribution in [2.75, 3.05) is 0 Å². The molecule has 0 nitrogen and oxygen atoms in total. The summed E-state index contributed by atoms with van der Waals surface area (Å²) in [5.41, 5.74) is -1.34. The summed E-state index contributed by atoms with van der Waals surface area (Å²) < 4.78 is 58.6. The first-order chi connectivity index (χ1) is 4.76. The number of rotatable bonds is 2. The van der Waals surface area contributed by atoms with Gasteiger partial charge in [0.05, 0.1) is 0 Å². The van der Waals surface area contributed by atoms with Crippen molar-refractivity contribution in [1.82, 2.24) is 0 Å². The van der Waals surface area contributed by atoms with Gasteiger partial charge in [-0.2, -0.15) is 8.78 Å². The van der Waals surface area contributed by atoms with Crippen LogP contribution < -0.4 is 0 Å².